The molecule has 1 heterocycles. The van der Waals surface area contributed by atoms with Crippen molar-refractivity contribution >= 4 is 10.9 Å². The second-order valence-corrected chi connectivity index (χ2v) is 4.29. The van der Waals surface area contributed by atoms with E-state index in [-0.39, 0.29) is 0 Å². The number of aliphatic hydroxyl groups excluding tert-OH is 1. The number of hydrogen-bond acceptors (Lipinski definition) is 2. The second-order valence-electron chi connectivity index (χ2n) is 4.29. The van der Waals surface area contributed by atoms with Crippen LogP contribution >= 0.6 is 0 Å². The van der Waals surface area contributed by atoms with Crippen molar-refractivity contribution in [2.24, 2.45) is 7.05 Å². The van der Waals surface area contributed by atoms with E-state index in [2.05, 4.69) is 35.0 Å². The summed E-state index contributed by atoms with van der Waals surface area (Å²) < 4.78 is 2.06. The van der Waals surface area contributed by atoms with Gasteiger partial charge >= 0.3 is 0 Å². The molecule has 3 heteroatoms. The van der Waals surface area contributed by atoms with Crippen LogP contribution in [0.4, 0.5) is 0 Å². The predicted octanol–water partition coefficient (Wildman–Crippen LogP) is 1.74. The minimum absolute atomic E-state index is 0.449. The maximum absolute atomic E-state index is 10.0. The van der Waals surface area contributed by atoms with Crippen LogP contribution in [0.15, 0.2) is 24.4 Å². The van der Waals surface area contributed by atoms with E-state index in [1.165, 1.54) is 5.56 Å². The molecule has 86 valence electrons. The molecular formula is C13H18N2O. The van der Waals surface area contributed by atoms with Crippen LogP contribution in [0, 0.1) is 6.92 Å². The summed E-state index contributed by atoms with van der Waals surface area (Å²) in [7, 11) is 3.85. The zero-order valence-corrected chi connectivity index (χ0v) is 9.99. The van der Waals surface area contributed by atoms with Crippen LogP contribution in [0.1, 0.15) is 17.2 Å². The van der Waals surface area contributed by atoms with Gasteiger partial charge in [-0.2, -0.15) is 0 Å². The van der Waals surface area contributed by atoms with Gasteiger partial charge < -0.3 is 15.0 Å². The first-order valence-electron chi connectivity index (χ1n) is 5.51. The van der Waals surface area contributed by atoms with E-state index >= 15 is 0 Å². The Balaban J connectivity index is 2.56. The average Bonchev–Trinajstić information content (AvgIpc) is 2.56. The fraction of sp³-hybridized carbons (Fsp3) is 0.385. The summed E-state index contributed by atoms with van der Waals surface area (Å²) in [4.78, 5) is 0. The lowest BCUT2D eigenvalue weighted by atomic mass is 10.1. The fourth-order valence-electron chi connectivity index (χ4n) is 2.11. The normalized spacial score (nSPS) is 13.2. The molecule has 0 fully saturated rings. The topological polar surface area (TPSA) is 37.2 Å². The highest BCUT2D eigenvalue weighted by atomic mass is 16.3. The third-order valence-corrected chi connectivity index (χ3v) is 2.93. The largest absolute Gasteiger partial charge is 0.387 e. The number of nitrogens with zero attached hydrogens (tertiary/aromatic N) is 1. The Kier molecular flexibility index (Phi) is 2.99. The van der Waals surface area contributed by atoms with Crippen LogP contribution in [0.3, 0.4) is 0 Å². The van der Waals surface area contributed by atoms with Crippen LogP contribution < -0.4 is 5.32 Å². The van der Waals surface area contributed by atoms with Gasteiger partial charge in [-0.05, 0) is 26.1 Å². The van der Waals surface area contributed by atoms with Gasteiger partial charge in [0.2, 0.25) is 0 Å². The summed E-state index contributed by atoms with van der Waals surface area (Å²) >= 11 is 0. The zero-order chi connectivity index (χ0) is 11.7. The maximum atomic E-state index is 10.0. The Bertz CT molecular complexity index is 502. The molecule has 0 saturated carbocycles. The van der Waals surface area contributed by atoms with Gasteiger partial charge in [0, 0.05) is 36.3 Å². The molecule has 0 bridgehead atoms. The smallest absolute Gasteiger partial charge is 0.0934 e. The molecule has 0 aliphatic heterocycles. The highest BCUT2D eigenvalue weighted by molar-refractivity contribution is 5.85. The van der Waals surface area contributed by atoms with E-state index < -0.39 is 6.10 Å². The second kappa shape index (κ2) is 4.28. The monoisotopic (exact) mass is 218 g/mol. The SMILES string of the molecule is CNCC(O)c1cn(C)c2ccc(C)cc12. The number of nitrogens with one attached hydrogen (secondary N) is 1. The number of aromatic nitrogens is 1. The van der Waals surface area contributed by atoms with Gasteiger partial charge in [-0.25, -0.2) is 0 Å². The quantitative estimate of drug-likeness (QED) is 0.823. The molecule has 0 aliphatic carbocycles. The molecule has 0 spiro atoms. The summed E-state index contributed by atoms with van der Waals surface area (Å²) in [5.41, 5.74) is 3.38. The summed E-state index contributed by atoms with van der Waals surface area (Å²) in [5, 5.41) is 14.2. The molecule has 1 atom stereocenters. The lowest BCUT2D eigenvalue weighted by Crippen LogP contribution is -2.16. The van der Waals surface area contributed by atoms with Crippen molar-refractivity contribution in [3.8, 4) is 0 Å². The molecule has 0 radical (unpaired) electrons. The van der Waals surface area contributed by atoms with Crippen molar-refractivity contribution in [2.45, 2.75) is 13.0 Å². The van der Waals surface area contributed by atoms with Gasteiger partial charge in [-0.1, -0.05) is 11.6 Å². The predicted molar refractivity (Wildman–Crippen MR) is 66.5 cm³/mol. The summed E-state index contributed by atoms with van der Waals surface area (Å²) in [6.45, 7) is 2.65. The number of likely N-dealkylation sites (N-methyl/N-ethyl adjacent to an activating group) is 1. The number of aliphatic hydroxyl groups is 1. The van der Waals surface area contributed by atoms with Gasteiger partial charge in [0.1, 0.15) is 0 Å². The van der Waals surface area contributed by atoms with Crippen molar-refractivity contribution in [3.05, 3.63) is 35.5 Å². The first-order chi connectivity index (χ1) is 7.63. The minimum Gasteiger partial charge on any atom is -0.387 e. The number of rotatable bonds is 3. The van der Waals surface area contributed by atoms with Gasteiger partial charge in [-0.15, -0.1) is 0 Å². The molecule has 2 N–H and O–H groups in total. The molecule has 3 nitrogen and oxygen atoms in total. The van der Waals surface area contributed by atoms with Crippen molar-refractivity contribution in [1.82, 2.24) is 9.88 Å². The molecule has 0 aliphatic rings. The Hall–Kier alpha value is -1.32. The summed E-state index contributed by atoms with van der Waals surface area (Å²) in [6, 6.07) is 6.32. The molecule has 0 saturated heterocycles. The first kappa shape index (κ1) is 11.2. The van der Waals surface area contributed by atoms with Gasteiger partial charge in [0.05, 0.1) is 6.10 Å². The van der Waals surface area contributed by atoms with E-state index in [4.69, 9.17) is 0 Å². The molecule has 1 unspecified atom stereocenters. The molecule has 2 aromatic rings. The Morgan fingerprint density at radius 2 is 2.19 bits per heavy atom. The highest BCUT2D eigenvalue weighted by Crippen LogP contribution is 2.26. The maximum Gasteiger partial charge on any atom is 0.0934 e. The number of fused-ring (bicyclic) bond motifs is 1. The van der Waals surface area contributed by atoms with E-state index in [1.807, 2.05) is 20.3 Å². The van der Waals surface area contributed by atoms with Crippen molar-refractivity contribution < 1.29 is 5.11 Å². The zero-order valence-electron chi connectivity index (χ0n) is 9.99. The number of aryl methyl sites for hydroxylation is 2. The minimum atomic E-state index is -0.449. The Labute approximate surface area is 95.7 Å². The Morgan fingerprint density at radius 1 is 1.44 bits per heavy atom. The van der Waals surface area contributed by atoms with Crippen molar-refractivity contribution in [3.63, 3.8) is 0 Å². The summed E-state index contributed by atoms with van der Waals surface area (Å²) in [6.07, 6.45) is 1.56. The number of benzene rings is 1. The van der Waals surface area contributed by atoms with E-state index in [0.29, 0.717) is 6.54 Å². The molecular weight excluding hydrogens is 200 g/mol. The van der Waals surface area contributed by atoms with Crippen molar-refractivity contribution in [1.29, 1.82) is 0 Å². The standard InChI is InChI=1S/C13H18N2O/c1-9-4-5-12-10(6-9)11(8-15(12)3)13(16)7-14-2/h4-6,8,13-14,16H,7H2,1-3H3. The number of hydrogen-bond donors (Lipinski definition) is 2. The lowest BCUT2D eigenvalue weighted by molar-refractivity contribution is 0.179. The molecule has 2 rings (SSSR count). The Morgan fingerprint density at radius 3 is 2.88 bits per heavy atom. The third-order valence-electron chi connectivity index (χ3n) is 2.93. The fourth-order valence-corrected chi connectivity index (χ4v) is 2.11. The van der Waals surface area contributed by atoms with E-state index in [9.17, 15) is 5.11 Å². The van der Waals surface area contributed by atoms with Crippen LogP contribution in [0.2, 0.25) is 0 Å². The molecule has 1 aromatic carbocycles. The van der Waals surface area contributed by atoms with Gasteiger partial charge in [0.25, 0.3) is 0 Å². The summed E-state index contributed by atoms with van der Waals surface area (Å²) in [5.74, 6) is 0. The molecule has 1 aromatic heterocycles. The van der Waals surface area contributed by atoms with Crippen LogP contribution in [0.25, 0.3) is 10.9 Å². The first-order valence-corrected chi connectivity index (χ1v) is 5.51. The van der Waals surface area contributed by atoms with Crippen LogP contribution in [0.5, 0.6) is 0 Å². The van der Waals surface area contributed by atoms with Crippen LogP contribution in [-0.2, 0) is 7.05 Å². The van der Waals surface area contributed by atoms with Gasteiger partial charge in [-0.3, -0.25) is 0 Å². The highest BCUT2D eigenvalue weighted by Gasteiger charge is 2.13. The average molecular weight is 218 g/mol. The van der Waals surface area contributed by atoms with Gasteiger partial charge in [0.15, 0.2) is 0 Å². The molecule has 16 heavy (non-hydrogen) atoms. The third kappa shape index (κ3) is 1.84. The van der Waals surface area contributed by atoms with E-state index in [0.717, 1.165) is 16.5 Å². The van der Waals surface area contributed by atoms with Crippen LogP contribution in [-0.4, -0.2) is 23.3 Å². The van der Waals surface area contributed by atoms with Crippen molar-refractivity contribution in [2.75, 3.05) is 13.6 Å². The lowest BCUT2D eigenvalue weighted by Gasteiger charge is -2.08. The van der Waals surface area contributed by atoms with E-state index in [1.54, 1.807) is 0 Å². The molecule has 0 amide bonds.